The molecule has 2 unspecified atom stereocenters. The monoisotopic (exact) mass is 291 g/mol. The van der Waals surface area contributed by atoms with E-state index in [-0.39, 0.29) is 23.8 Å². The highest BCUT2D eigenvalue weighted by molar-refractivity contribution is 5.30. The third kappa shape index (κ3) is 3.12. The molecule has 6 heteroatoms. The Bertz CT molecular complexity index is 489. The van der Waals surface area contributed by atoms with E-state index in [1.165, 1.54) is 6.07 Å². The lowest BCUT2D eigenvalue weighted by atomic mass is 9.94. The lowest BCUT2D eigenvalue weighted by Crippen LogP contribution is -2.47. The summed E-state index contributed by atoms with van der Waals surface area (Å²) in [6.07, 6.45) is -3.90. The molecule has 1 saturated heterocycles. The molecule has 0 aromatic heterocycles. The highest BCUT2D eigenvalue weighted by Crippen LogP contribution is 2.33. The molecule has 1 aliphatic heterocycles. The van der Waals surface area contributed by atoms with Crippen LogP contribution in [0.1, 0.15) is 31.4 Å². The fourth-order valence-corrected chi connectivity index (χ4v) is 2.33. The first-order valence-electron chi connectivity index (χ1n) is 6.45. The third-order valence-electron chi connectivity index (χ3n) is 3.95. The maximum atomic E-state index is 13.0. The van der Waals surface area contributed by atoms with Gasteiger partial charge in [0.25, 0.3) is 0 Å². The van der Waals surface area contributed by atoms with Gasteiger partial charge < -0.3 is 10.1 Å². The van der Waals surface area contributed by atoms with Crippen LogP contribution in [0.25, 0.3) is 0 Å². The van der Waals surface area contributed by atoms with Crippen LogP contribution in [0.3, 0.4) is 0 Å². The smallest absolute Gasteiger partial charge is 0.377 e. The van der Waals surface area contributed by atoms with Gasteiger partial charge in [-0.05, 0) is 38.0 Å². The standard InChI is InChI=1S/C14H17F4NO/c1-9-13(2,5-6-20-9)19-8-10-3-4-11(15)7-12(10)14(16,17)18/h3-4,7,9,19H,5-6,8H2,1-2H3. The van der Waals surface area contributed by atoms with Crippen LogP contribution in [-0.4, -0.2) is 18.2 Å². The largest absolute Gasteiger partial charge is 0.416 e. The first-order valence-corrected chi connectivity index (χ1v) is 6.45. The van der Waals surface area contributed by atoms with Crippen molar-refractivity contribution in [2.24, 2.45) is 0 Å². The van der Waals surface area contributed by atoms with Gasteiger partial charge in [-0.1, -0.05) is 6.07 Å². The molecular weight excluding hydrogens is 274 g/mol. The van der Waals surface area contributed by atoms with Crippen LogP contribution in [0.15, 0.2) is 18.2 Å². The first kappa shape index (κ1) is 15.3. The second-order valence-corrected chi connectivity index (χ2v) is 5.33. The van der Waals surface area contributed by atoms with E-state index in [9.17, 15) is 17.6 Å². The number of hydrogen-bond donors (Lipinski definition) is 1. The number of rotatable bonds is 3. The number of hydrogen-bond acceptors (Lipinski definition) is 2. The molecule has 2 nitrogen and oxygen atoms in total. The summed E-state index contributed by atoms with van der Waals surface area (Å²) in [5, 5.41) is 3.11. The zero-order valence-electron chi connectivity index (χ0n) is 11.4. The quantitative estimate of drug-likeness (QED) is 0.861. The predicted molar refractivity (Wildman–Crippen MR) is 66.7 cm³/mol. The van der Waals surface area contributed by atoms with Crippen molar-refractivity contribution < 1.29 is 22.3 Å². The maximum absolute atomic E-state index is 13.0. The van der Waals surface area contributed by atoms with Crippen LogP contribution in [-0.2, 0) is 17.5 Å². The molecular formula is C14H17F4NO. The minimum Gasteiger partial charge on any atom is -0.377 e. The van der Waals surface area contributed by atoms with Crippen molar-refractivity contribution in [2.75, 3.05) is 6.61 Å². The van der Waals surface area contributed by atoms with Crippen molar-refractivity contribution in [3.8, 4) is 0 Å². The van der Waals surface area contributed by atoms with E-state index in [4.69, 9.17) is 4.74 Å². The third-order valence-corrected chi connectivity index (χ3v) is 3.95. The lowest BCUT2D eigenvalue weighted by Gasteiger charge is -2.29. The molecule has 0 radical (unpaired) electrons. The van der Waals surface area contributed by atoms with Crippen LogP contribution < -0.4 is 5.32 Å². The van der Waals surface area contributed by atoms with Gasteiger partial charge >= 0.3 is 6.18 Å². The van der Waals surface area contributed by atoms with Crippen molar-refractivity contribution in [3.05, 3.63) is 35.1 Å². The second-order valence-electron chi connectivity index (χ2n) is 5.33. The van der Waals surface area contributed by atoms with Crippen molar-refractivity contribution in [2.45, 2.75) is 44.6 Å². The van der Waals surface area contributed by atoms with E-state index in [1.807, 2.05) is 13.8 Å². The molecule has 1 aromatic rings. The Balaban J connectivity index is 2.18. The average Bonchev–Trinajstić information content (AvgIpc) is 2.67. The molecule has 2 atom stereocenters. The Labute approximate surface area is 115 Å². The molecule has 0 amide bonds. The van der Waals surface area contributed by atoms with Crippen LogP contribution in [0, 0.1) is 5.82 Å². The van der Waals surface area contributed by atoms with Gasteiger partial charge in [-0.2, -0.15) is 13.2 Å². The van der Waals surface area contributed by atoms with Gasteiger partial charge in [0.2, 0.25) is 0 Å². The predicted octanol–water partition coefficient (Wildman–Crippen LogP) is 3.50. The van der Waals surface area contributed by atoms with Crippen molar-refractivity contribution >= 4 is 0 Å². The topological polar surface area (TPSA) is 21.3 Å². The van der Waals surface area contributed by atoms with E-state index < -0.39 is 17.6 Å². The van der Waals surface area contributed by atoms with Crippen molar-refractivity contribution in [1.82, 2.24) is 5.32 Å². The summed E-state index contributed by atoms with van der Waals surface area (Å²) in [5.74, 6) is -0.884. The normalized spacial score (nSPS) is 27.0. The zero-order valence-corrected chi connectivity index (χ0v) is 11.4. The molecule has 2 rings (SSSR count). The SMILES string of the molecule is CC1OCCC1(C)NCc1ccc(F)cc1C(F)(F)F. The van der Waals surface area contributed by atoms with E-state index in [0.29, 0.717) is 12.7 Å². The molecule has 0 bridgehead atoms. The van der Waals surface area contributed by atoms with Gasteiger partial charge in [0, 0.05) is 18.7 Å². The molecule has 0 aliphatic carbocycles. The summed E-state index contributed by atoms with van der Waals surface area (Å²) in [4.78, 5) is 0. The molecule has 1 fully saturated rings. The highest BCUT2D eigenvalue weighted by Gasteiger charge is 2.38. The fraction of sp³-hybridized carbons (Fsp3) is 0.571. The summed E-state index contributed by atoms with van der Waals surface area (Å²) in [6, 6.07) is 2.76. The number of benzene rings is 1. The molecule has 0 spiro atoms. The van der Waals surface area contributed by atoms with Gasteiger partial charge in [0.15, 0.2) is 0 Å². The maximum Gasteiger partial charge on any atom is 0.416 e. The number of ether oxygens (including phenoxy) is 1. The lowest BCUT2D eigenvalue weighted by molar-refractivity contribution is -0.138. The average molecular weight is 291 g/mol. The van der Waals surface area contributed by atoms with Gasteiger partial charge in [-0.25, -0.2) is 4.39 Å². The van der Waals surface area contributed by atoms with Crippen molar-refractivity contribution in [3.63, 3.8) is 0 Å². The summed E-state index contributed by atoms with van der Waals surface area (Å²) in [7, 11) is 0. The Hall–Kier alpha value is -1.14. The number of halogens is 4. The summed E-state index contributed by atoms with van der Waals surface area (Å²) in [6.45, 7) is 4.41. The molecule has 1 N–H and O–H groups in total. The van der Waals surface area contributed by atoms with E-state index in [2.05, 4.69) is 5.32 Å². The van der Waals surface area contributed by atoms with Crippen LogP contribution in [0.2, 0.25) is 0 Å². The Morgan fingerprint density at radius 1 is 1.40 bits per heavy atom. The van der Waals surface area contributed by atoms with Gasteiger partial charge in [-0.3, -0.25) is 0 Å². The first-order chi connectivity index (χ1) is 9.22. The molecule has 1 aliphatic rings. The highest BCUT2D eigenvalue weighted by atomic mass is 19.4. The van der Waals surface area contributed by atoms with Gasteiger partial charge in [0.1, 0.15) is 5.82 Å². The van der Waals surface area contributed by atoms with Crippen molar-refractivity contribution in [1.29, 1.82) is 0 Å². The Morgan fingerprint density at radius 2 is 2.10 bits per heavy atom. The fourth-order valence-electron chi connectivity index (χ4n) is 2.33. The molecule has 1 heterocycles. The number of alkyl halides is 3. The van der Waals surface area contributed by atoms with E-state index >= 15 is 0 Å². The van der Waals surface area contributed by atoms with Crippen LogP contribution in [0.5, 0.6) is 0 Å². The van der Waals surface area contributed by atoms with Crippen LogP contribution >= 0.6 is 0 Å². The molecule has 112 valence electrons. The van der Waals surface area contributed by atoms with Gasteiger partial charge in [0.05, 0.1) is 11.7 Å². The van der Waals surface area contributed by atoms with Crippen LogP contribution in [0.4, 0.5) is 17.6 Å². The summed E-state index contributed by atoms with van der Waals surface area (Å²) < 4.78 is 57.1. The van der Waals surface area contributed by atoms with E-state index in [1.54, 1.807) is 0 Å². The summed E-state index contributed by atoms with van der Waals surface area (Å²) in [5.41, 5.74) is -1.25. The van der Waals surface area contributed by atoms with Gasteiger partial charge in [-0.15, -0.1) is 0 Å². The minimum atomic E-state index is -4.56. The minimum absolute atomic E-state index is 0.0271. The number of nitrogens with one attached hydrogen (secondary N) is 1. The molecule has 1 aromatic carbocycles. The van der Waals surface area contributed by atoms with E-state index in [0.717, 1.165) is 12.5 Å². The Kier molecular flexibility index (Phi) is 4.07. The molecule has 20 heavy (non-hydrogen) atoms. The zero-order chi connectivity index (χ0) is 15.0. The summed E-state index contributed by atoms with van der Waals surface area (Å²) >= 11 is 0. The molecule has 0 saturated carbocycles. The Morgan fingerprint density at radius 3 is 2.65 bits per heavy atom. The second kappa shape index (κ2) is 5.33.